The number of alkyl halides is 1. The second-order valence-corrected chi connectivity index (χ2v) is 14.0. The van der Waals surface area contributed by atoms with Crippen LogP contribution in [-0.2, 0) is 31.2 Å². The van der Waals surface area contributed by atoms with Gasteiger partial charge in [-0.15, -0.1) is 11.6 Å². The van der Waals surface area contributed by atoms with Crippen LogP contribution >= 0.6 is 64.8 Å². The molecule has 0 aliphatic heterocycles. The van der Waals surface area contributed by atoms with Crippen LogP contribution in [0.2, 0.25) is 0 Å². The Morgan fingerprint density at radius 2 is 1.21 bits per heavy atom. The second-order valence-electron chi connectivity index (χ2n) is 9.37. The fraction of sp³-hybridized carbons (Fsp3) is 0.133. The molecule has 48 heavy (non-hydrogen) atoms. The summed E-state index contributed by atoms with van der Waals surface area (Å²) in [7, 11) is 9.98. The molecule has 0 spiro atoms. The third kappa shape index (κ3) is 8.96. The van der Waals surface area contributed by atoms with Gasteiger partial charge in [0.25, 0.3) is 0 Å². The van der Waals surface area contributed by atoms with Crippen LogP contribution in [-0.4, -0.2) is 65.0 Å². The Labute approximate surface area is 306 Å². The molecular formula is C30H23Br2Cl3N6O6S. The van der Waals surface area contributed by atoms with Gasteiger partial charge in [-0.05, 0) is 59.7 Å². The first-order valence-corrected chi connectivity index (χ1v) is 18.3. The Bertz CT molecular complexity index is 1980. The largest absolute Gasteiger partial charge is 0.464 e. The molecule has 12 nitrogen and oxygen atoms in total. The highest BCUT2D eigenvalue weighted by Gasteiger charge is 2.21. The zero-order valence-corrected chi connectivity index (χ0v) is 31.1. The molecule has 0 saturated heterocycles. The molecule has 0 atom stereocenters. The number of aliphatic hydroxyl groups is 1. The fourth-order valence-corrected chi connectivity index (χ4v) is 5.24. The lowest BCUT2D eigenvalue weighted by Crippen LogP contribution is -2.04. The molecule has 4 heterocycles. The molecule has 18 heteroatoms. The maximum Gasteiger partial charge on any atom is 0.359 e. The number of nitrogens with zero attached hydrogens (tertiary/aromatic N) is 6. The SMILES string of the molecule is COC(=O)c1nn(-c2cccc(Br)c2)c2ncc(CCl)cc12.COC(=O)c1nn(-c2cccc(Br)c2)c2ncc(CO)cc12.O=S(Cl)Cl. The maximum absolute atomic E-state index is 12.0. The van der Waals surface area contributed by atoms with Gasteiger partial charge in [-0.3, -0.25) is 0 Å². The van der Waals surface area contributed by atoms with Crippen molar-refractivity contribution in [2.45, 2.75) is 12.5 Å². The third-order valence-corrected chi connectivity index (χ3v) is 7.65. The van der Waals surface area contributed by atoms with Gasteiger partial charge in [-0.2, -0.15) is 10.2 Å². The summed E-state index contributed by atoms with van der Waals surface area (Å²) in [6, 6.07) is 18.6. The monoisotopic (exact) mass is 858 g/mol. The number of aromatic nitrogens is 6. The van der Waals surface area contributed by atoms with Crippen molar-refractivity contribution in [1.29, 1.82) is 0 Å². The van der Waals surface area contributed by atoms with Crippen LogP contribution in [0.15, 0.2) is 82.0 Å². The van der Waals surface area contributed by atoms with Gasteiger partial charge < -0.3 is 14.6 Å². The van der Waals surface area contributed by atoms with E-state index in [2.05, 4.69) is 73.4 Å². The van der Waals surface area contributed by atoms with Gasteiger partial charge >= 0.3 is 11.9 Å². The van der Waals surface area contributed by atoms with E-state index in [0.717, 1.165) is 25.9 Å². The number of carbonyl (C=O) groups excluding carboxylic acids is 2. The summed E-state index contributed by atoms with van der Waals surface area (Å²) in [4.78, 5) is 32.6. The number of rotatable bonds is 6. The number of benzene rings is 2. The number of hydrogen-bond acceptors (Lipinski definition) is 10. The van der Waals surface area contributed by atoms with Gasteiger partial charge in [-0.1, -0.05) is 44.0 Å². The van der Waals surface area contributed by atoms with E-state index in [-0.39, 0.29) is 18.0 Å². The highest BCUT2D eigenvalue weighted by molar-refractivity contribution is 9.10. The van der Waals surface area contributed by atoms with Crippen molar-refractivity contribution in [2.24, 2.45) is 0 Å². The average molecular weight is 862 g/mol. The lowest BCUT2D eigenvalue weighted by Gasteiger charge is -2.03. The van der Waals surface area contributed by atoms with Crippen LogP contribution in [0.3, 0.4) is 0 Å². The molecule has 2 aromatic carbocycles. The molecule has 0 fully saturated rings. The van der Waals surface area contributed by atoms with Crippen molar-refractivity contribution in [3.05, 3.63) is 105 Å². The molecule has 0 bridgehead atoms. The van der Waals surface area contributed by atoms with Crippen molar-refractivity contribution in [3.8, 4) is 11.4 Å². The smallest absolute Gasteiger partial charge is 0.359 e. The van der Waals surface area contributed by atoms with Gasteiger partial charge in [0.2, 0.25) is 9.23 Å². The number of fused-ring (bicyclic) bond motifs is 2. The van der Waals surface area contributed by atoms with E-state index >= 15 is 0 Å². The second kappa shape index (κ2) is 17.3. The Kier molecular flexibility index (Phi) is 13.5. The van der Waals surface area contributed by atoms with E-state index < -0.39 is 21.2 Å². The number of hydrogen-bond donors (Lipinski definition) is 1. The molecule has 0 radical (unpaired) electrons. The number of pyridine rings is 2. The predicted molar refractivity (Wildman–Crippen MR) is 191 cm³/mol. The molecular weight excluding hydrogens is 839 g/mol. The predicted octanol–water partition coefficient (Wildman–Crippen LogP) is 7.21. The summed E-state index contributed by atoms with van der Waals surface area (Å²) in [5.41, 5.74) is 4.46. The number of methoxy groups -OCH3 is 2. The normalized spacial score (nSPS) is 10.7. The zero-order valence-electron chi connectivity index (χ0n) is 24.8. The number of ether oxygens (including phenoxy) is 2. The first kappa shape index (κ1) is 37.4. The van der Waals surface area contributed by atoms with Crippen molar-refractivity contribution >= 4 is 108 Å². The topological polar surface area (TPSA) is 151 Å². The first-order chi connectivity index (χ1) is 23.0. The van der Waals surface area contributed by atoms with Crippen molar-refractivity contribution < 1.29 is 28.4 Å². The van der Waals surface area contributed by atoms with Crippen LogP contribution in [0.25, 0.3) is 33.4 Å². The molecule has 6 rings (SSSR count). The zero-order chi connectivity index (χ0) is 35.0. The molecule has 0 unspecified atom stereocenters. The summed E-state index contributed by atoms with van der Waals surface area (Å²) >= 11 is 12.7. The first-order valence-electron chi connectivity index (χ1n) is 13.4. The van der Waals surface area contributed by atoms with Gasteiger partial charge in [0.1, 0.15) is 0 Å². The minimum Gasteiger partial charge on any atom is -0.464 e. The maximum atomic E-state index is 12.0. The van der Waals surface area contributed by atoms with Gasteiger partial charge in [-0.25, -0.2) is 33.1 Å². The lowest BCUT2D eigenvalue weighted by atomic mass is 10.2. The molecule has 250 valence electrons. The van der Waals surface area contributed by atoms with E-state index in [1.54, 1.807) is 27.8 Å². The average Bonchev–Trinajstić information content (AvgIpc) is 3.66. The molecule has 1 N–H and O–H groups in total. The van der Waals surface area contributed by atoms with E-state index in [1.807, 2.05) is 54.6 Å². The highest BCUT2D eigenvalue weighted by atomic mass is 79.9. The Balaban J connectivity index is 0.000000195. The van der Waals surface area contributed by atoms with Gasteiger partial charge in [0.15, 0.2) is 22.7 Å². The molecule has 0 saturated carbocycles. The molecule has 6 aromatic rings. The minimum absolute atomic E-state index is 0.161. The minimum atomic E-state index is -1.67. The van der Waals surface area contributed by atoms with Crippen LogP contribution in [0.1, 0.15) is 32.1 Å². The number of esters is 2. The van der Waals surface area contributed by atoms with Crippen molar-refractivity contribution in [3.63, 3.8) is 0 Å². The molecule has 0 aliphatic rings. The number of aliphatic hydroxyl groups excluding tert-OH is 1. The summed E-state index contributed by atoms with van der Waals surface area (Å²) in [6.07, 6.45) is 3.23. The van der Waals surface area contributed by atoms with Crippen LogP contribution in [0.5, 0.6) is 0 Å². The number of carbonyl (C=O) groups is 2. The Morgan fingerprint density at radius 1 is 0.792 bits per heavy atom. The van der Waals surface area contributed by atoms with E-state index in [4.69, 9.17) is 25.3 Å². The lowest BCUT2D eigenvalue weighted by molar-refractivity contribution is 0.0587. The van der Waals surface area contributed by atoms with E-state index in [9.17, 15) is 14.7 Å². The highest BCUT2D eigenvalue weighted by Crippen LogP contribution is 2.26. The fourth-order valence-electron chi connectivity index (χ4n) is 4.32. The summed E-state index contributed by atoms with van der Waals surface area (Å²) < 4.78 is 23.7. The standard InChI is InChI=1S/C15H11BrClN3O2.C15H12BrN3O3.Cl2OS/c1-22-15(21)13-12-5-9(7-17)8-18-14(12)20(19-13)11-4-2-3-10(16)6-11;1-22-15(21)13-12-5-9(8-20)7-17-14(12)19(18-13)11-4-2-3-10(16)6-11;1-4(2)3/h2-6,8H,7H2,1H3;2-7,20H,8H2,1H3;. The number of halogens is 5. The Morgan fingerprint density at radius 3 is 1.58 bits per heavy atom. The third-order valence-electron chi connectivity index (χ3n) is 6.36. The van der Waals surface area contributed by atoms with Crippen LogP contribution < -0.4 is 0 Å². The molecule has 4 aromatic heterocycles. The molecule has 0 aliphatic carbocycles. The summed E-state index contributed by atoms with van der Waals surface area (Å²) in [6.45, 7) is -0.161. The Hall–Kier alpha value is -3.44. The van der Waals surface area contributed by atoms with Crippen LogP contribution in [0, 0.1) is 0 Å². The van der Waals surface area contributed by atoms with Crippen molar-refractivity contribution in [1.82, 2.24) is 29.5 Å². The van der Waals surface area contributed by atoms with E-state index in [0.29, 0.717) is 33.5 Å². The van der Waals surface area contributed by atoms with Gasteiger partial charge in [0, 0.05) is 48.6 Å². The van der Waals surface area contributed by atoms with Crippen molar-refractivity contribution in [2.75, 3.05) is 14.2 Å². The quantitative estimate of drug-likeness (QED) is 0.103. The molecule has 0 amide bonds. The van der Waals surface area contributed by atoms with Gasteiger partial charge in [0.05, 0.1) is 43.0 Å². The summed E-state index contributed by atoms with van der Waals surface area (Å²) in [5.74, 6) is -0.742. The summed E-state index contributed by atoms with van der Waals surface area (Å²) in [5, 5.41) is 19.1. The van der Waals surface area contributed by atoms with E-state index in [1.165, 1.54) is 14.2 Å². The van der Waals surface area contributed by atoms with Crippen LogP contribution in [0.4, 0.5) is 0 Å².